The van der Waals surface area contributed by atoms with Gasteiger partial charge in [0.05, 0.1) is 23.0 Å². The summed E-state index contributed by atoms with van der Waals surface area (Å²) in [5.41, 5.74) is 0.848. The standard InChI is InChI=1S/C13H11FN4OS/c1-2-3-11-12(20-18-17-11)13(19)16-10-5-4-8(7-15)6-9(10)14/h4-6H,2-3H2,1H3,(H,16,19). The van der Waals surface area contributed by atoms with Gasteiger partial charge >= 0.3 is 0 Å². The quantitative estimate of drug-likeness (QED) is 0.939. The van der Waals surface area contributed by atoms with Crippen molar-refractivity contribution < 1.29 is 9.18 Å². The van der Waals surface area contributed by atoms with Gasteiger partial charge in [0.15, 0.2) is 0 Å². The molecule has 0 bridgehead atoms. The molecule has 0 aliphatic rings. The number of nitrogens with one attached hydrogen (secondary N) is 1. The minimum absolute atomic E-state index is 0.0323. The van der Waals surface area contributed by atoms with Gasteiger partial charge in [-0.15, -0.1) is 5.10 Å². The molecule has 0 saturated heterocycles. The van der Waals surface area contributed by atoms with Crippen molar-refractivity contribution in [2.75, 3.05) is 5.32 Å². The average molecular weight is 290 g/mol. The average Bonchev–Trinajstić information content (AvgIpc) is 2.89. The molecule has 0 aliphatic carbocycles. The van der Waals surface area contributed by atoms with Crippen molar-refractivity contribution in [2.45, 2.75) is 19.8 Å². The van der Waals surface area contributed by atoms with Gasteiger partial charge in [0.1, 0.15) is 10.7 Å². The van der Waals surface area contributed by atoms with Crippen LogP contribution in [0.4, 0.5) is 10.1 Å². The van der Waals surface area contributed by atoms with E-state index in [1.54, 1.807) is 0 Å². The van der Waals surface area contributed by atoms with E-state index in [1.807, 2.05) is 13.0 Å². The number of aryl methyl sites for hydroxylation is 1. The molecule has 2 rings (SSSR count). The second kappa shape index (κ2) is 6.21. The number of aromatic nitrogens is 2. The number of amides is 1. The molecule has 0 atom stereocenters. The number of rotatable bonds is 4. The molecule has 0 unspecified atom stereocenters. The monoisotopic (exact) mass is 290 g/mol. The van der Waals surface area contributed by atoms with E-state index in [0.29, 0.717) is 17.0 Å². The topological polar surface area (TPSA) is 78.7 Å². The first-order valence-electron chi connectivity index (χ1n) is 5.98. The van der Waals surface area contributed by atoms with E-state index in [0.717, 1.165) is 24.0 Å². The van der Waals surface area contributed by atoms with Gasteiger partial charge < -0.3 is 5.32 Å². The van der Waals surface area contributed by atoms with Crippen molar-refractivity contribution in [3.8, 4) is 6.07 Å². The maximum absolute atomic E-state index is 13.7. The number of benzene rings is 1. The molecule has 0 aliphatic heterocycles. The maximum atomic E-state index is 13.7. The highest BCUT2D eigenvalue weighted by Crippen LogP contribution is 2.19. The predicted octanol–water partition coefficient (Wildman–Crippen LogP) is 2.75. The fraction of sp³-hybridized carbons (Fsp3) is 0.231. The number of carbonyl (C=O) groups is 1. The highest BCUT2D eigenvalue weighted by atomic mass is 32.1. The molecular weight excluding hydrogens is 279 g/mol. The Morgan fingerprint density at radius 1 is 1.55 bits per heavy atom. The number of nitriles is 1. The summed E-state index contributed by atoms with van der Waals surface area (Å²) in [5, 5.41) is 15.0. The Kier molecular flexibility index (Phi) is 4.38. The van der Waals surface area contributed by atoms with Gasteiger partial charge in [-0.05, 0) is 36.2 Å². The van der Waals surface area contributed by atoms with Crippen LogP contribution in [0.5, 0.6) is 0 Å². The Morgan fingerprint density at radius 3 is 3.00 bits per heavy atom. The molecule has 1 N–H and O–H groups in total. The van der Waals surface area contributed by atoms with Crippen molar-refractivity contribution >= 4 is 23.1 Å². The molecule has 7 heteroatoms. The number of nitrogens with zero attached hydrogens (tertiary/aromatic N) is 3. The summed E-state index contributed by atoms with van der Waals surface area (Å²) in [5.74, 6) is -1.08. The molecule has 1 aromatic carbocycles. The maximum Gasteiger partial charge on any atom is 0.269 e. The van der Waals surface area contributed by atoms with Crippen LogP contribution in [0.25, 0.3) is 0 Å². The Hall–Kier alpha value is -2.33. The Balaban J connectivity index is 2.19. The van der Waals surface area contributed by atoms with E-state index in [4.69, 9.17) is 5.26 Å². The van der Waals surface area contributed by atoms with E-state index in [2.05, 4.69) is 14.9 Å². The van der Waals surface area contributed by atoms with Crippen LogP contribution < -0.4 is 5.32 Å². The zero-order valence-corrected chi connectivity index (χ0v) is 11.5. The highest BCUT2D eigenvalue weighted by molar-refractivity contribution is 7.08. The summed E-state index contributed by atoms with van der Waals surface area (Å²) >= 11 is 0.982. The van der Waals surface area contributed by atoms with Crippen LogP contribution in [0.3, 0.4) is 0 Å². The second-order valence-electron chi connectivity index (χ2n) is 4.06. The van der Waals surface area contributed by atoms with Crippen LogP contribution in [0, 0.1) is 17.1 Å². The lowest BCUT2D eigenvalue weighted by Gasteiger charge is -2.05. The van der Waals surface area contributed by atoms with Crippen molar-refractivity contribution in [3.63, 3.8) is 0 Å². The lowest BCUT2D eigenvalue weighted by Crippen LogP contribution is -2.13. The van der Waals surface area contributed by atoms with Gasteiger partial charge in [0.2, 0.25) is 0 Å². The van der Waals surface area contributed by atoms with Crippen LogP contribution in [-0.2, 0) is 6.42 Å². The summed E-state index contributed by atoms with van der Waals surface area (Å²) in [4.78, 5) is 12.4. The second-order valence-corrected chi connectivity index (χ2v) is 4.81. The summed E-state index contributed by atoms with van der Waals surface area (Å²) < 4.78 is 17.4. The molecule has 102 valence electrons. The molecule has 1 heterocycles. The van der Waals surface area contributed by atoms with E-state index < -0.39 is 11.7 Å². The predicted molar refractivity (Wildman–Crippen MR) is 73.0 cm³/mol. The van der Waals surface area contributed by atoms with Crippen LogP contribution >= 0.6 is 11.5 Å². The zero-order chi connectivity index (χ0) is 14.5. The van der Waals surface area contributed by atoms with Gasteiger partial charge in [0.25, 0.3) is 5.91 Å². The molecule has 2 aromatic rings. The summed E-state index contributed by atoms with van der Waals surface area (Å²) in [7, 11) is 0. The smallest absolute Gasteiger partial charge is 0.269 e. The first-order valence-corrected chi connectivity index (χ1v) is 6.75. The van der Waals surface area contributed by atoms with Crippen LogP contribution in [-0.4, -0.2) is 15.5 Å². The first kappa shape index (κ1) is 14.1. The third kappa shape index (κ3) is 2.97. The molecule has 1 amide bonds. The summed E-state index contributed by atoms with van der Waals surface area (Å²) in [6.07, 6.45) is 1.49. The number of halogens is 1. The molecule has 0 spiro atoms. The van der Waals surface area contributed by atoms with E-state index in [9.17, 15) is 9.18 Å². The SMILES string of the molecule is CCCc1nnsc1C(=O)Nc1ccc(C#N)cc1F. The molecule has 5 nitrogen and oxygen atoms in total. The largest absolute Gasteiger partial charge is 0.319 e. The molecule has 0 fully saturated rings. The lowest BCUT2D eigenvalue weighted by atomic mass is 10.2. The fourth-order valence-electron chi connectivity index (χ4n) is 1.65. The number of anilines is 1. The fourth-order valence-corrected chi connectivity index (χ4v) is 2.25. The Bertz CT molecular complexity index is 677. The van der Waals surface area contributed by atoms with Crippen molar-refractivity contribution in [2.24, 2.45) is 0 Å². The summed E-state index contributed by atoms with van der Waals surface area (Å²) in [6.45, 7) is 1.97. The van der Waals surface area contributed by atoms with Gasteiger partial charge in [0, 0.05) is 0 Å². The molecule has 0 saturated carbocycles. The number of carbonyl (C=O) groups excluding carboxylic acids is 1. The van der Waals surface area contributed by atoms with Crippen LogP contribution in [0.15, 0.2) is 18.2 Å². The van der Waals surface area contributed by atoms with E-state index >= 15 is 0 Å². The molecule has 20 heavy (non-hydrogen) atoms. The lowest BCUT2D eigenvalue weighted by molar-refractivity contribution is 0.102. The van der Waals surface area contributed by atoms with Gasteiger partial charge in [-0.2, -0.15) is 5.26 Å². The van der Waals surface area contributed by atoms with E-state index in [1.165, 1.54) is 12.1 Å². The normalized spacial score (nSPS) is 10.1. The Morgan fingerprint density at radius 2 is 2.35 bits per heavy atom. The van der Waals surface area contributed by atoms with Gasteiger partial charge in [-0.1, -0.05) is 17.8 Å². The van der Waals surface area contributed by atoms with E-state index in [-0.39, 0.29) is 11.3 Å². The molecular formula is C13H11FN4OS. The van der Waals surface area contributed by atoms with Gasteiger partial charge in [-0.25, -0.2) is 4.39 Å². The summed E-state index contributed by atoms with van der Waals surface area (Å²) in [6, 6.07) is 5.71. The van der Waals surface area contributed by atoms with Crippen molar-refractivity contribution in [3.05, 3.63) is 40.2 Å². The minimum Gasteiger partial charge on any atom is -0.319 e. The first-order chi connectivity index (χ1) is 9.65. The van der Waals surface area contributed by atoms with Crippen molar-refractivity contribution in [1.29, 1.82) is 5.26 Å². The molecule has 1 aromatic heterocycles. The van der Waals surface area contributed by atoms with Gasteiger partial charge in [-0.3, -0.25) is 4.79 Å². The highest BCUT2D eigenvalue weighted by Gasteiger charge is 2.17. The number of hydrogen-bond acceptors (Lipinski definition) is 5. The zero-order valence-electron chi connectivity index (χ0n) is 10.7. The van der Waals surface area contributed by atoms with Crippen LogP contribution in [0.2, 0.25) is 0 Å². The third-order valence-corrected chi connectivity index (χ3v) is 3.36. The van der Waals surface area contributed by atoms with Crippen LogP contribution in [0.1, 0.15) is 34.3 Å². The number of hydrogen-bond donors (Lipinski definition) is 1. The molecule has 0 radical (unpaired) electrons. The minimum atomic E-state index is -0.646. The third-order valence-electron chi connectivity index (χ3n) is 2.60. The Labute approximate surface area is 119 Å². The van der Waals surface area contributed by atoms with Crippen molar-refractivity contribution in [1.82, 2.24) is 9.59 Å².